The third-order valence-corrected chi connectivity index (χ3v) is 4.18. The predicted molar refractivity (Wildman–Crippen MR) is 74.2 cm³/mol. The van der Waals surface area contributed by atoms with E-state index in [0.29, 0.717) is 0 Å². The molecule has 5 heterocycles. The van der Waals surface area contributed by atoms with Crippen LogP contribution in [0.25, 0.3) is 28.1 Å². The van der Waals surface area contributed by atoms with Crippen LogP contribution in [0.5, 0.6) is 0 Å². The SMILES string of the molecule is Cn1c2[n+](c3c1cn1cccnc31)Cc1ccncc1-2. The van der Waals surface area contributed by atoms with Gasteiger partial charge in [-0.3, -0.25) is 4.98 Å². The van der Waals surface area contributed by atoms with Crippen molar-refractivity contribution >= 4 is 16.7 Å². The van der Waals surface area contributed by atoms with Crippen LogP contribution < -0.4 is 4.57 Å². The lowest BCUT2D eigenvalue weighted by Crippen LogP contribution is -2.31. The summed E-state index contributed by atoms with van der Waals surface area (Å²) < 4.78 is 6.65. The van der Waals surface area contributed by atoms with Crippen molar-refractivity contribution < 1.29 is 4.57 Å². The normalized spacial score (nSPS) is 13.1. The number of aryl methyl sites for hydroxylation is 1. The maximum absolute atomic E-state index is 4.54. The molecule has 0 saturated carbocycles. The molecule has 1 aliphatic rings. The van der Waals surface area contributed by atoms with Crippen LogP contribution in [-0.4, -0.2) is 18.9 Å². The van der Waals surface area contributed by atoms with Gasteiger partial charge in [-0.25, -0.2) is 14.1 Å². The van der Waals surface area contributed by atoms with Crippen molar-refractivity contribution in [2.75, 3.05) is 0 Å². The number of aromatic nitrogens is 5. The van der Waals surface area contributed by atoms with Crippen molar-refractivity contribution in [2.45, 2.75) is 6.54 Å². The van der Waals surface area contributed by atoms with Crippen LogP contribution in [0.4, 0.5) is 0 Å². The first-order chi connectivity index (χ1) is 9.84. The summed E-state index contributed by atoms with van der Waals surface area (Å²) in [5.74, 6) is 1.21. The molecule has 0 spiro atoms. The molecule has 4 aromatic heterocycles. The molecule has 0 fully saturated rings. The summed E-state index contributed by atoms with van der Waals surface area (Å²) in [5.41, 5.74) is 5.95. The quantitative estimate of drug-likeness (QED) is 0.397. The molecule has 0 N–H and O–H groups in total. The summed E-state index contributed by atoms with van der Waals surface area (Å²) in [4.78, 5) is 8.80. The number of fused-ring (bicyclic) bond motifs is 7. The third-order valence-electron chi connectivity index (χ3n) is 4.18. The summed E-state index contributed by atoms with van der Waals surface area (Å²) in [5, 5.41) is 0. The molecule has 1 aliphatic heterocycles. The van der Waals surface area contributed by atoms with Gasteiger partial charge in [-0.05, 0) is 12.1 Å². The van der Waals surface area contributed by atoms with Crippen molar-refractivity contribution in [3.63, 3.8) is 0 Å². The molecular weight excluding hydrogens is 250 g/mol. The van der Waals surface area contributed by atoms with Crippen LogP contribution >= 0.6 is 0 Å². The Hall–Kier alpha value is -2.69. The number of hydrogen-bond donors (Lipinski definition) is 0. The molecule has 0 bridgehead atoms. The van der Waals surface area contributed by atoms with E-state index in [1.165, 1.54) is 28.0 Å². The molecule has 5 nitrogen and oxygen atoms in total. The van der Waals surface area contributed by atoms with Crippen molar-refractivity contribution in [1.82, 2.24) is 18.9 Å². The number of pyridine rings is 1. The molecule has 0 radical (unpaired) electrons. The van der Waals surface area contributed by atoms with Gasteiger partial charge < -0.3 is 4.40 Å². The Labute approximate surface area is 114 Å². The van der Waals surface area contributed by atoms with E-state index in [1.807, 2.05) is 30.9 Å². The topological polar surface area (TPSA) is 39.0 Å². The monoisotopic (exact) mass is 262 g/mol. The van der Waals surface area contributed by atoms with Crippen molar-refractivity contribution in [3.05, 3.63) is 48.7 Å². The smallest absolute Gasteiger partial charge is 0.292 e. The average molecular weight is 262 g/mol. The molecular formula is C15H12N5+. The number of nitrogens with zero attached hydrogens (tertiary/aromatic N) is 5. The first-order valence-corrected chi connectivity index (χ1v) is 6.62. The van der Waals surface area contributed by atoms with E-state index >= 15 is 0 Å². The fourth-order valence-corrected chi connectivity index (χ4v) is 3.30. The lowest BCUT2D eigenvalue weighted by atomic mass is 10.2. The Morgan fingerprint density at radius 1 is 1.30 bits per heavy atom. The minimum Gasteiger partial charge on any atom is -0.300 e. The Balaban J connectivity index is 1.99. The predicted octanol–water partition coefficient (Wildman–Crippen LogP) is 1.54. The van der Waals surface area contributed by atoms with E-state index in [-0.39, 0.29) is 0 Å². The highest BCUT2D eigenvalue weighted by atomic mass is 15.2. The third kappa shape index (κ3) is 1.02. The first kappa shape index (κ1) is 10.1. The molecule has 0 unspecified atom stereocenters. The van der Waals surface area contributed by atoms with Gasteiger partial charge in [-0.1, -0.05) is 0 Å². The largest absolute Gasteiger partial charge is 0.300 e. The first-order valence-electron chi connectivity index (χ1n) is 6.62. The number of rotatable bonds is 0. The van der Waals surface area contributed by atoms with Crippen LogP contribution in [0.15, 0.2) is 43.1 Å². The second-order valence-electron chi connectivity index (χ2n) is 5.22. The molecule has 5 heteroatoms. The minimum absolute atomic E-state index is 0.890. The second kappa shape index (κ2) is 3.25. The summed E-state index contributed by atoms with van der Waals surface area (Å²) in [6.07, 6.45) is 9.84. The summed E-state index contributed by atoms with van der Waals surface area (Å²) in [6, 6.07) is 4.05. The molecule has 0 amide bonds. The molecule has 0 aromatic carbocycles. The zero-order chi connectivity index (χ0) is 13.3. The van der Waals surface area contributed by atoms with Crippen molar-refractivity contribution in [3.8, 4) is 11.4 Å². The Morgan fingerprint density at radius 2 is 2.25 bits per heavy atom. The van der Waals surface area contributed by atoms with E-state index < -0.39 is 0 Å². The van der Waals surface area contributed by atoms with Crippen molar-refractivity contribution in [1.29, 1.82) is 0 Å². The fourth-order valence-electron chi connectivity index (χ4n) is 3.30. The van der Waals surface area contributed by atoms with Gasteiger partial charge in [0.1, 0.15) is 6.54 Å². The van der Waals surface area contributed by atoms with Crippen LogP contribution in [0.2, 0.25) is 0 Å². The van der Waals surface area contributed by atoms with Gasteiger partial charge in [0.2, 0.25) is 5.52 Å². The molecule has 4 aromatic rings. The van der Waals surface area contributed by atoms with Gasteiger partial charge in [0, 0.05) is 30.4 Å². The highest BCUT2D eigenvalue weighted by Gasteiger charge is 2.34. The van der Waals surface area contributed by atoms with E-state index in [1.54, 1.807) is 0 Å². The standard InChI is InChI=1S/C15H12N5/c1-18-12-9-19-6-2-4-17-14(19)13(12)20-8-10-3-5-16-7-11(10)15(18)20/h2-7,9H,8H2,1H3/q+1. The molecule has 20 heavy (non-hydrogen) atoms. The zero-order valence-corrected chi connectivity index (χ0v) is 11.0. The lowest BCUT2D eigenvalue weighted by Gasteiger charge is -1.94. The molecule has 0 aliphatic carbocycles. The average Bonchev–Trinajstić information content (AvgIpc) is 3.10. The summed E-state index contributed by atoms with van der Waals surface area (Å²) in [6.45, 7) is 0.890. The van der Waals surface area contributed by atoms with Gasteiger partial charge in [0.15, 0.2) is 11.2 Å². The Morgan fingerprint density at radius 3 is 3.20 bits per heavy atom. The van der Waals surface area contributed by atoms with Crippen LogP contribution in [0.3, 0.4) is 0 Å². The van der Waals surface area contributed by atoms with E-state index in [2.05, 4.69) is 42.8 Å². The minimum atomic E-state index is 0.890. The van der Waals surface area contributed by atoms with Gasteiger partial charge in [-0.2, -0.15) is 0 Å². The number of hydrogen-bond acceptors (Lipinski definition) is 2. The molecule has 5 rings (SSSR count). The van der Waals surface area contributed by atoms with Gasteiger partial charge in [-0.15, -0.1) is 0 Å². The van der Waals surface area contributed by atoms with E-state index in [0.717, 1.165) is 12.2 Å². The van der Waals surface area contributed by atoms with Gasteiger partial charge in [0.05, 0.1) is 18.8 Å². The van der Waals surface area contributed by atoms with Crippen LogP contribution in [-0.2, 0) is 13.6 Å². The lowest BCUT2D eigenvalue weighted by molar-refractivity contribution is -0.645. The number of imidazole rings is 1. The highest BCUT2D eigenvalue weighted by molar-refractivity contribution is 5.89. The molecule has 0 atom stereocenters. The summed E-state index contributed by atoms with van der Waals surface area (Å²) in [7, 11) is 2.11. The molecule has 96 valence electrons. The van der Waals surface area contributed by atoms with Crippen LogP contribution in [0, 0.1) is 0 Å². The van der Waals surface area contributed by atoms with Gasteiger partial charge in [0.25, 0.3) is 5.82 Å². The van der Waals surface area contributed by atoms with Crippen LogP contribution in [0.1, 0.15) is 5.56 Å². The fraction of sp³-hybridized carbons (Fsp3) is 0.133. The Bertz CT molecular complexity index is 992. The van der Waals surface area contributed by atoms with Crippen molar-refractivity contribution in [2.24, 2.45) is 7.05 Å². The second-order valence-corrected chi connectivity index (χ2v) is 5.22. The maximum atomic E-state index is 4.54. The zero-order valence-electron chi connectivity index (χ0n) is 11.0. The van der Waals surface area contributed by atoms with E-state index in [4.69, 9.17) is 0 Å². The Kier molecular flexibility index (Phi) is 1.65. The summed E-state index contributed by atoms with van der Waals surface area (Å²) >= 11 is 0. The molecule has 0 saturated heterocycles. The van der Waals surface area contributed by atoms with E-state index in [9.17, 15) is 0 Å². The highest BCUT2D eigenvalue weighted by Crippen LogP contribution is 2.31. The maximum Gasteiger partial charge on any atom is 0.292 e. The van der Waals surface area contributed by atoms with Gasteiger partial charge >= 0.3 is 0 Å².